The van der Waals surface area contributed by atoms with E-state index in [0.29, 0.717) is 5.56 Å². The van der Waals surface area contributed by atoms with Crippen molar-refractivity contribution in [3.8, 4) is 5.75 Å². The molecule has 4 nitrogen and oxygen atoms in total. The third-order valence-corrected chi connectivity index (χ3v) is 5.29. The van der Waals surface area contributed by atoms with Crippen molar-refractivity contribution in [3.05, 3.63) is 29.6 Å². The molecule has 0 heterocycles. The molecule has 0 bridgehead atoms. The van der Waals surface area contributed by atoms with Gasteiger partial charge in [0.15, 0.2) is 21.4 Å². The molecular weight excluding hydrogens is 271 g/mol. The summed E-state index contributed by atoms with van der Waals surface area (Å²) in [4.78, 5) is 0. The van der Waals surface area contributed by atoms with Gasteiger partial charge in [0, 0.05) is 0 Å². The zero-order valence-electron chi connectivity index (χ0n) is 11.3. The summed E-state index contributed by atoms with van der Waals surface area (Å²) < 4.78 is 41.4. The average Bonchev–Trinajstić information content (AvgIpc) is 2.29. The highest BCUT2D eigenvalue weighted by atomic mass is 32.2. The molecule has 0 unspecified atom stereocenters. The van der Waals surface area contributed by atoms with E-state index >= 15 is 0 Å². The van der Waals surface area contributed by atoms with Crippen LogP contribution in [0.2, 0.25) is 0 Å². The summed E-state index contributed by atoms with van der Waals surface area (Å²) in [5, 5.41) is 8.84. The number of sulfone groups is 1. The lowest BCUT2D eigenvalue weighted by Gasteiger charge is -2.19. The molecule has 0 spiro atoms. The first-order chi connectivity index (χ1) is 8.67. The van der Waals surface area contributed by atoms with Gasteiger partial charge in [0.2, 0.25) is 0 Å². The molecule has 0 fully saturated rings. The molecule has 0 radical (unpaired) electrons. The summed E-state index contributed by atoms with van der Waals surface area (Å²) in [6.07, 6.45) is 0. The van der Waals surface area contributed by atoms with E-state index in [1.807, 2.05) is 0 Å². The maximum atomic E-state index is 13.5. The van der Waals surface area contributed by atoms with Crippen molar-refractivity contribution >= 4 is 9.84 Å². The van der Waals surface area contributed by atoms with Gasteiger partial charge in [-0.1, -0.05) is 6.07 Å². The van der Waals surface area contributed by atoms with E-state index in [1.54, 1.807) is 20.8 Å². The maximum absolute atomic E-state index is 13.5. The third kappa shape index (κ3) is 4.18. The Morgan fingerprint density at radius 3 is 2.42 bits per heavy atom. The molecule has 19 heavy (non-hydrogen) atoms. The topological polar surface area (TPSA) is 63.6 Å². The van der Waals surface area contributed by atoms with E-state index in [9.17, 15) is 12.8 Å². The minimum absolute atomic E-state index is 0.0127. The Bertz CT molecular complexity index is 532. The molecule has 0 amide bonds. The van der Waals surface area contributed by atoms with E-state index in [-0.39, 0.29) is 24.7 Å². The fourth-order valence-corrected chi connectivity index (χ4v) is 2.24. The lowest BCUT2D eigenvalue weighted by atomic mass is 10.2. The fourth-order valence-electron chi connectivity index (χ4n) is 1.33. The highest BCUT2D eigenvalue weighted by Crippen LogP contribution is 2.20. The Balaban J connectivity index is 2.64. The highest BCUT2D eigenvalue weighted by Gasteiger charge is 2.28. The first-order valence-corrected chi connectivity index (χ1v) is 7.57. The summed E-state index contributed by atoms with van der Waals surface area (Å²) in [6, 6.07) is 4.06. The van der Waals surface area contributed by atoms with Crippen LogP contribution in [0.25, 0.3) is 0 Å². The standard InChI is InChI=1S/C13H19FO4S/c1-13(2,3)19(16,17)7-6-18-12-5-4-10(9-15)8-11(12)14/h4-5,8,15H,6-7,9H2,1-3H3. The van der Waals surface area contributed by atoms with Gasteiger partial charge in [-0.05, 0) is 38.5 Å². The van der Waals surface area contributed by atoms with Crippen molar-refractivity contribution < 1.29 is 22.7 Å². The lowest BCUT2D eigenvalue weighted by molar-refractivity contribution is 0.279. The summed E-state index contributed by atoms with van der Waals surface area (Å²) in [7, 11) is -3.28. The molecule has 0 aliphatic heterocycles. The molecule has 108 valence electrons. The first kappa shape index (κ1) is 15.9. The Kier molecular flexibility index (Phi) is 4.92. The predicted octanol–water partition coefficient (Wildman–Crippen LogP) is 1.91. The molecule has 6 heteroatoms. The highest BCUT2D eigenvalue weighted by molar-refractivity contribution is 7.92. The molecule has 1 aromatic rings. The third-order valence-electron chi connectivity index (χ3n) is 2.72. The number of rotatable bonds is 5. The van der Waals surface area contributed by atoms with E-state index < -0.39 is 20.4 Å². The number of hydrogen-bond donors (Lipinski definition) is 1. The van der Waals surface area contributed by atoms with E-state index in [0.717, 1.165) is 6.07 Å². The van der Waals surface area contributed by atoms with Gasteiger partial charge in [-0.2, -0.15) is 0 Å². The molecule has 1 aromatic carbocycles. The van der Waals surface area contributed by atoms with Gasteiger partial charge in [-0.3, -0.25) is 0 Å². The van der Waals surface area contributed by atoms with Gasteiger partial charge in [0.25, 0.3) is 0 Å². The Labute approximate surface area is 113 Å². The summed E-state index contributed by atoms with van der Waals surface area (Å²) in [5.41, 5.74) is 0.437. The summed E-state index contributed by atoms with van der Waals surface area (Å²) >= 11 is 0. The van der Waals surface area contributed by atoms with Crippen molar-refractivity contribution in [1.82, 2.24) is 0 Å². The fraction of sp³-hybridized carbons (Fsp3) is 0.538. The Morgan fingerprint density at radius 2 is 1.95 bits per heavy atom. The van der Waals surface area contributed by atoms with Crippen LogP contribution < -0.4 is 4.74 Å². The predicted molar refractivity (Wildman–Crippen MR) is 71.4 cm³/mol. The molecule has 0 saturated heterocycles. The number of aliphatic hydroxyl groups is 1. The van der Waals surface area contributed by atoms with Crippen LogP contribution in [-0.4, -0.2) is 30.6 Å². The van der Waals surface area contributed by atoms with Gasteiger partial charge in [0.05, 0.1) is 17.1 Å². The molecule has 1 rings (SSSR count). The SMILES string of the molecule is CC(C)(C)S(=O)(=O)CCOc1ccc(CO)cc1F. The van der Waals surface area contributed by atoms with Crippen LogP contribution >= 0.6 is 0 Å². The van der Waals surface area contributed by atoms with Crippen molar-refractivity contribution in [2.75, 3.05) is 12.4 Å². The van der Waals surface area contributed by atoms with Crippen LogP contribution in [0.4, 0.5) is 4.39 Å². The average molecular weight is 290 g/mol. The second-order valence-electron chi connectivity index (χ2n) is 5.20. The van der Waals surface area contributed by atoms with Crippen LogP contribution in [0.3, 0.4) is 0 Å². The number of ether oxygens (including phenoxy) is 1. The van der Waals surface area contributed by atoms with E-state index in [1.165, 1.54) is 12.1 Å². The minimum atomic E-state index is -3.28. The van der Waals surface area contributed by atoms with Crippen LogP contribution in [0, 0.1) is 5.82 Å². The van der Waals surface area contributed by atoms with E-state index in [2.05, 4.69) is 0 Å². The molecule has 0 aliphatic carbocycles. The zero-order chi connectivity index (χ0) is 14.7. The van der Waals surface area contributed by atoms with Gasteiger partial charge in [-0.25, -0.2) is 12.8 Å². The zero-order valence-corrected chi connectivity index (χ0v) is 12.1. The molecule has 0 atom stereocenters. The van der Waals surface area contributed by atoms with Gasteiger partial charge in [-0.15, -0.1) is 0 Å². The smallest absolute Gasteiger partial charge is 0.165 e. The van der Waals surface area contributed by atoms with Gasteiger partial charge >= 0.3 is 0 Å². The number of hydrogen-bond acceptors (Lipinski definition) is 4. The first-order valence-electron chi connectivity index (χ1n) is 5.92. The van der Waals surface area contributed by atoms with Gasteiger partial charge in [0.1, 0.15) is 6.61 Å². The van der Waals surface area contributed by atoms with Crippen molar-refractivity contribution in [2.24, 2.45) is 0 Å². The number of benzene rings is 1. The second-order valence-corrected chi connectivity index (χ2v) is 8.07. The summed E-state index contributed by atoms with van der Waals surface area (Å²) in [6.45, 7) is 4.47. The maximum Gasteiger partial charge on any atom is 0.165 e. The lowest BCUT2D eigenvalue weighted by Crippen LogP contribution is -2.32. The van der Waals surface area contributed by atoms with Crippen molar-refractivity contribution in [1.29, 1.82) is 0 Å². The van der Waals surface area contributed by atoms with Gasteiger partial charge < -0.3 is 9.84 Å². The largest absolute Gasteiger partial charge is 0.489 e. The van der Waals surface area contributed by atoms with Crippen LogP contribution in [-0.2, 0) is 16.4 Å². The molecule has 1 N–H and O–H groups in total. The van der Waals surface area contributed by atoms with Crippen molar-refractivity contribution in [2.45, 2.75) is 32.1 Å². The van der Waals surface area contributed by atoms with E-state index in [4.69, 9.17) is 9.84 Å². The van der Waals surface area contributed by atoms with Crippen molar-refractivity contribution in [3.63, 3.8) is 0 Å². The monoisotopic (exact) mass is 290 g/mol. The van der Waals surface area contributed by atoms with Crippen LogP contribution in [0.5, 0.6) is 5.75 Å². The molecular formula is C13H19FO4S. The Morgan fingerprint density at radius 1 is 1.32 bits per heavy atom. The van der Waals surface area contributed by atoms with Crippen LogP contribution in [0.1, 0.15) is 26.3 Å². The normalized spacial score (nSPS) is 12.5. The number of halogens is 1. The molecule has 0 aromatic heterocycles. The second kappa shape index (κ2) is 5.88. The summed E-state index contributed by atoms with van der Waals surface area (Å²) in [5.74, 6) is -0.793. The van der Waals surface area contributed by atoms with Crippen LogP contribution in [0.15, 0.2) is 18.2 Å². The number of aliphatic hydroxyl groups excluding tert-OH is 1. The molecule has 0 aliphatic rings. The Hall–Kier alpha value is -1.14. The quantitative estimate of drug-likeness (QED) is 0.899. The minimum Gasteiger partial charge on any atom is -0.489 e. The molecule has 0 saturated carbocycles.